The van der Waals surface area contributed by atoms with Crippen LogP contribution in [0, 0.1) is 6.92 Å². The van der Waals surface area contributed by atoms with Crippen LogP contribution in [0.5, 0.6) is 0 Å². The SMILES string of the molecule is C=Cc1sc(N2CCCCC2)nc1C. The highest BCUT2D eigenvalue weighted by atomic mass is 32.1. The fourth-order valence-corrected chi connectivity index (χ4v) is 2.77. The highest BCUT2D eigenvalue weighted by Gasteiger charge is 2.15. The molecular formula is C11H16N2S. The molecule has 14 heavy (non-hydrogen) atoms. The monoisotopic (exact) mass is 208 g/mol. The minimum absolute atomic E-state index is 1.12. The molecule has 1 fully saturated rings. The van der Waals surface area contributed by atoms with E-state index < -0.39 is 0 Å². The molecule has 0 saturated carbocycles. The van der Waals surface area contributed by atoms with Crippen molar-refractivity contribution in [2.75, 3.05) is 18.0 Å². The third-order valence-electron chi connectivity index (χ3n) is 2.63. The third-order valence-corrected chi connectivity index (χ3v) is 3.85. The van der Waals surface area contributed by atoms with E-state index in [2.05, 4.69) is 23.4 Å². The lowest BCUT2D eigenvalue weighted by Crippen LogP contribution is -2.29. The first-order chi connectivity index (χ1) is 6.81. The van der Waals surface area contributed by atoms with E-state index in [9.17, 15) is 0 Å². The molecule has 0 radical (unpaired) electrons. The summed E-state index contributed by atoms with van der Waals surface area (Å²) in [6.45, 7) is 8.20. The van der Waals surface area contributed by atoms with Crippen molar-refractivity contribution in [1.29, 1.82) is 0 Å². The maximum Gasteiger partial charge on any atom is 0.186 e. The Morgan fingerprint density at radius 1 is 1.36 bits per heavy atom. The molecule has 0 aromatic carbocycles. The normalized spacial score (nSPS) is 17.1. The van der Waals surface area contributed by atoms with Crippen LogP contribution in [0.15, 0.2) is 6.58 Å². The van der Waals surface area contributed by atoms with Gasteiger partial charge in [-0.2, -0.15) is 0 Å². The summed E-state index contributed by atoms with van der Waals surface area (Å²) in [6, 6.07) is 0. The van der Waals surface area contributed by atoms with Crippen molar-refractivity contribution in [2.45, 2.75) is 26.2 Å². The van der Waals surface area contributed by atoms with E-state index >= 15 is 0 Å². The lowest BCUT2D eigenvalue weighted by Gasteiger charge is -2.25. The van der Waals surface area contributed by atoms with Gasteiger partial charge in [-0.15, -0.1) is 0 Å². The number of nitrogens with zero attached hydrogens (tertiary/aromatic N) is 2. The second-order valence-corrected chi connectivity index (χ2v) is 4.71. The molecule has 1 saturated heterocycles. The fourth-order valence-electron chi connectivity index (χ4n) is 1.80. The molecule has 3 heteroatoms. The van der Waals surface area contributed by atoms with Gasteiger partial charge in [0.15, 0.2) is 5.13 Å². The molecule has 2 heterocycles. The van der Waals surface area contributed by atoms with Gasteiger partial charge in [0.05, 0.1) is 10.6 Å². The van der Waals surface area contributed by atoms with Crippen molar-refractivity contribution in [3.05, 3.63) is 17.2 Å². The number of aromatic nitrogens is 1. The van der Waals surface area contributed by atoms with Gasteiger partial charge in [-0.3, -0.25) is 0 Å². The molecule has 0 unspecified atom stereocenters. The minimum Gasteiger partial charge on any atom is -0.348 e. The van der Waals surface area contributed by atoms with E-state index in [1.165, 1.54) is 42.4 Å². The van der Waals surface area contributed by atoms with Gasteiger partial charge in [0.2, 0.25) is 0 Å². The number of aryl methyl sites for hydroxylation is 1. The van der Waals surface area contributed by atoms with Gasteiger partial charge < -0.3 is 4.90 Å². The third kappa shape index (κ3) is 1.82. The van der Waals surface area contributed by atoms with E-state index in [-0.39, 0.29) is 0 Å². The smallest absolute Gasteiger partial charge is 0.186 e. The van der Waals surface area contributed by atoms with Crippen molar-refractivity contribution in [2.24, 2.45) is 0 Å². The molecule has 0 amide bonds. The number of piperidine rings is 1. The zero-order valence-electron chi connectivity index (χ0n) is 8.62. The van der Waals surface area contributed by atoms with Crippen molar-refractivity contribution in [3.63, 3.8) is 0 Å². The van der Waals surface area contributed by atoms with E-state index in [0.29, 0.717) is 0 Å². The molecule has 1 aromatic rings. The number of hydrogen-bond donors (Lipinski definition) is 0. The van der Waals surface area contributed by atoms with Crippen LogP contribution in [0.3, 0.4) is 0 Å². The number of anilines is 1. The van der Waals surface area contributed by atoms with Gasteiger partial charge in [-0.05, 0) is 26.2 Å². The first kappa shape index (κ1) is 9.71. The molecule has 0 atom stereocenters. The fraction of sp³-hybridized carbons (Fsp3) is 0.545. The van der Waals surface area contributed by atoms with Crippen LogP contribution in [0.2, 0.25) is 0 Å². The predicted octanol–water partition coefficient (Wildman–Crippen LogP) is 3.08. The lowest BCUT2D eigenvalue weighted by molar-refractivity contribution is 0.576. The second-order valence-electron chi connectivity index (χ2n) is 3.70. The van der Waals surface area contributed by atoms with Crippen LogP contribution in [-0.2, 0) is 0 Å². The highest BCUT2D eigenvalue weighted by molar-refractivity contribution is 7.16. The maximum atomic E-state index is 4.58. The summed E-state index contributed by atoms with van der Waals surface area (Å²) in [5.41, 5.74) is 1.12. The molecule has 0 N–H and O–H groups in total. The summed E-state index contributed by atoms with van der Waals surface area (Å²) in [6.07, 6.45) is 5.89. The molecule has 0 spiro atoms. The quantitative estimate of drug-likeness (QED) is 0.742. The molecule has 0 bridgehead atoms. The molecule has 2 rings (SSSR count). The standard InChI is InChI=1S/C11H16N2S/c1-3-10-9(2)12-11(14-10)13-7-5-4-6-8-13/h3H,1,4-8H2,2H3. The van der Waals surface area contributed by atoms with Crippen molar-refractivity contribution >= 4 is 22.5 Å². The Hall–Kier alpha value is -0.830. The van der Waals surface area contributed by atoms with Gasteiger partial charge in [0.1, 0.15) is 0 Å². The molecule has 76 valence electrons. The Kier molecular flexibility index (Phi) is 2.87. The van der Waals surface area contributed by atoms with Crippen molar-refractivity contribution in [3.8, 4) is 0 Å². The predicted molar refractivity (Wildman–Crippen MR) is 63.0 cm³/mol. The second kappa shape index (κ2) is 4.13. The number of thiazole rings is 1. The Bertz CT molecular complexity index is 324. The molecule has 0 aliphatic carbocycles. The Morgan fingerprint density at radius 3 is 2.64 bits per heavy atom. The van der Waals surface area contributed by atoms with Gasteiger partial charge in [0.25, 0.3) is 0 Å². The average molecular weight is 208 g/mol. The van der Waals surface area contributed by atoms with Gasteiger partial charge in [-0.25, -0.2) is 4.98 Å². The largest absolute Gasteiger partial charge is 0.348 e. The molecule has 1 aliphatic rings. The van der Waals surface area contributed by atoms with Crippen LogP contribution >= 0.6 is 11.3 Å². The van der Waals surface area contributed by atoms with E-state index in [0.717, 1.165) is 5.69 Å². The van der Waals surface area contributed by atoms with Crippen LogP contribution in [0.1, 0.15) is 29.8 Å². The Balaban J connectivity index is 2.18. The minimum atomic E-state index is 1.12. The molecule has 2 nitrogen and oxygen atoms in total. The van der Waals surface area contributed by atoms with Gasteiger partial charge in [-0.1, -0.05) is 24.0 Å². The van der Waals surface area contributed by atoms with Crippen LogP contribution < -0.4 is 4.90 Å². The van der Waals surface area contributed by atoms with Crippen molar-refractivity contribution < 1.29 is 0 Å². The first-order valence-corrected chi connectivity index (χ1v) is 5.97. The Labute approximate surface area is 89.3 Å². The zero-order chi connectivity index (χ0) is 9.97. The molecule has 1 aliphatic heterocycles. The van der Waals surface area contributed by atoms with E-state index in [1.54, 1.807) is 11.3 Å². The summed E-state index contributed by atoms with van der Waals surface area (Å²) in [5, 5.41) is 1.18. The maximum absolute atomic E-state index is 4.58. The number of rotatable bonds is 2. The molecule has 1 aromatic heterocycles. The summed E-state index contributed by atoms with van der Waals surface area (Å²) in [4.78, 5) is 8.19. The van der Waals surface area contributed by atoms with Crippen LogP contribution in [0.4, 0.5) is 5.13 Å². The van der Waals surface area contributed by atoms with E-state index in [4.69, 9.17) is 0 Å². The Morgan fingerprint density at radius 2 is 2.07 bits per heavy atom. The number of hydrogen-bond acceptors (Lipinski definition) is 3. The zero-order valence-corrected chi connectivity index (χ0v) is 9.44. The van der Waals surface area contributed by atoms with Gasteiger partial charge >= 0.3 is 0 Å². The summed E-state index contributed by atoms with van der Waals surface area (Å²) < 4.78 is 0. The topological polar surface area (TPSA) is 16.1 Å². The average Bonchev–Trinajstić information content (AvgIpc) is 2.61. The van der Waals surface area contributed by atoms with Gasteiger partial charge in [0, 0.05) is 13.1 Å². The summed E-state index contributed by atoms with van der Waals surface area (Å²) in [7, 11) is 0. The summed E-state index contributed by atoms with van der Waals surface area (Å²) >= 11 is 1.76. The first-order valence-electron chi connectivity index (χ1n) is 5.16. The summed E-state index contributed by atoms with van der Waals surface area (Å²) in [5.74, 6) is 0. The van der Waals surface area contributed by atoms with Crippen molar-refractivity contribution in [1.82, 2.24) is 4.98 Å². The van der Waals surface area contributed by atoms with Crippen LogP contribution in [0.25, 0.3) is 6.08 Å². The molecular weight excluding hydrogens is 192 g/mol. The van der Waals surface area contributed by atoms with E-state index in [1.807, 2.05) is 6.08 Å². The lowest BCUT2D eigenvalue weighted by atomic mass is 10.1. The highest BCUT2D eigenvalue weighted by Crippen LogP contribution is 2.28. The van der Waals surface area contributed by atoms with Crippen LogP contribution in [-0.4, -0.2) is 18.1 Å².